The largest absolute Gasteiger partial charge is 0.497 e. The topological polar surface area (TPSA) is 79.6 Å². The van der Waals surface area contributed by atoms with Crippen LogP contribution in [-0.2, 0) is 0 Å². The number of aromatic carboxylic acids is 1. The van der Waals surface area contributed by atoms with E-state index in [1.807, 2.05) is 54.7 Å². The van der Waals surface area contributed by atoms with E-state index in [1.54, 1.807) is 37.6 Å². The average Bonchev–Trinajstić information content (AvgIpc) is 3.49. The zero-order valence-corrected chi connectivity index (χ0v) is 19.1. The summed E-state index contributed by atoms with van der Waals surface area (Å²) < 4.78 is 7.38. The normalized spacial score (nSPS) is 17.4. The van der Waals surface area contributed by atoms with Gasteiger partial charge in [0, 0.05) is 29.5 Å². The fraction of sp³-hybridized carbons (Fsp3) is 0.115. The molecule has 7 nitrogen and oxygen atoms in total. The SMILES string of the molecule is COc1ccc(N2C(=S)NC(c3ccccn3)C2c2cccn2-c2ccc(C(=O)O)cc2)cc1. The van der Waals surface area contributed by atoms with E-state index in [2.05, 4.69) is 25.8 Å². The molecule has 2 aromatic heterocycles. The van der Waals surface area contributed by atoms with Crippen molar-refractivity contribution in [1.29, 1.82) is 0 Å². The molecule has 0 spiro atoms. The van der Waals surface area contributed by atoms with Gasteiger partial charge in [0.15, 0.2) is 5.11 Å². The fourth-order valence-corrected chi connectivity index (χ4v) is 4.66. The molecule has 2 atom stereocenters. The summed E-state index contributed by atoms with van der Waals surface area (Å²) in [6.45, 7) is 0. The van der Waals surface area contributed by atoms with E-state index in [-0.39, 0.29) is 17.6 Å². The van der Waals surface area contributed by atoms with Gasteiger partial charge in [0.25, 0.3) is 0 Å². The molecule has 0 aliphatic carbocycles. The molecule has 1 aliphatic rings. The minimum atomic E-state index is -0.953. The van der Waals surface area contributed by atoms with Crippen LogP contribution in [0.4, 0.5) is 5.69 Å². The third kappa shape index (κ3) is 3.88. The second-order valence-corrected chi connectivity index (χ2v) is 8.24. The molecule has 4 aromatic rings. The number of nitrogens with one attached hydrogen (secondary N) is 1. The van der Waals surface area contributed by atoms with Crippen molar-refractivity contribution in [2.75, 3.05) is 12.0 Å². The van der Waals surface area contributed by atoms with Gasteiger partial charge in [0.2, 0.25) is 0 Å². The Morgan fingerprint density at radius 1 is 1.00 bits per heavy atom. The Kier molecular flexibility index (Phi) is 5.73. The van der Waals surface area contributed by atoms with Crippen LogP contribution in [0.3, 0.4) is 0 Å². The number of carboxylic acids is 1. The smallest absolute Gasteiger partial charge is 0.335 e. The molecule has 0 radical (unpaired) electrons. The van der Waals surface area contributed by atoms with Crippen molar-refractivity contribution >= 4 is 29.0 Å². The summed E-state index contributed by atoms with van der Waals surface area (Å²) in [6, 6.07) is 24.1. The highest BCUT2D eigenvalue weighted by Gasteiger charge is 2.42. The number of carboxylic acid groups (broad SMARTS) is 1. The predicted molar refractivity (Wildman–Crippen MR) is 134 cm³/mol. The first-order valence-corrected chi connectivity index (χ1v) is 11.1. The number of rotatable bonds is 6. The van der Waals surface area contributed by atoms with Crippen LogP contribution in [0.2, 0.25) is 0 Å². The third-order valence-electron chi connectivity index (χ3n) is 5.92. The summed E-state index contributed by atoms with van der Waals surface area (Å²) in [6.07, 6.45) is 3.74. The molecule has 1 aliphatic heterocycles. The number of hydrogen-bond acceptors (Lipinski definition) is 4. The summed E-state index contributed by atoms with van der Waals surface area (Å²) >= 11 is 5.80. The molecule has 8 heteroatoms. The number of ether oxygens (including phenoxy) is 1. The van der Waals surface area contributed by atoms with Crippen LogP contribution >= 0.6 is 12.2 Å². The lowest BCUT2D eigenvalue weighted by atomic mass is 10.0. The van der Waals surface area contributed by atoms with Crippen molar-refractivity contribution in [3.63, 3.8) is 0 Å². The first kappa shape index (κ1) is 21.7. The number of benzene rings is 2. The zero-order chi connectivity index (χ0) is 23.7. The molecule has 0 bridgehead atoms. The molecule has 1 fully saturated rings. The van der Waals surface area contributed by atoms with Gasteiger partial charge in [-0.3, -0.25) is 4.98 Å². The molecule has 5 rings (SSSR count). The molecular weight excluding hydrogens is 448 g/mol. The quantitative estimate of drug-likeness (QED) is 0.394. The van der Waals surface area contributed by atoms with Crippen LogP contribution in [0.1, 0.15) is 33.8 Å². The Labute approximate surface area is 202 Å². The van der Waals surface area contributed by atoms with E-state index in [4.69, 9.17) is 17.0 Å². The number of pyridine rings is 1. The van der Waals surface area contributed by atoms with Gasteiger partial charge in [-0.25, -0.2) is 4.79 Å². The Morgan fingerprint density at radius 3 is 2.38 bits per heavy atom. The molecule has 0 amide bonds. The highest BCUT2D eigenvalue weighted by Crippen LogP contribution is 2.42. The number of hydrogen-bond donors (Lipinski definition) is 2. The molecule has 170 valence electrons. The summed E-state index contributed by atoms with van der Waals surface area (Å²) in [7, 11) is 1.64. The van der Waals surface area contributed by atoms with E-state index in [0.717, 1.165) is 28.5 Å². The second-order valence-electron chi connectivity index (χ2n) is 7.85. The molecule has 0 saturated carbocycles. The number of methoxy groups -OCH3 is 1. The summed E-state index contributed by atoms with van der Waals surface area (Å²) in [4.78, 5) is 18.0. The van der Waals surface area contributed by atoms with E-state index in [0.29, 0.717) is 5.11 Å². The summed E-state index contributed by atoms with van der Waals surface area (Å²) in [5.41, 5.74) is 3.89. The Balaban J connectivity index is 1.62. The van der Waals surface area contributed by atoms with Crippen LogP contribution in [0.25, 0.3) is 5.69 Å². The molecule has 2 N–H and O–H groups in total. The first-order valence-electron chi connectivity index (χ1n) is 10.7. The first-order chi connectivity index (χ1) is 16.6. The maximum atomic E-state index is 11.3. The highest BCUT2D eigenvalue weighted by atomic mass is 32.1. The van der Waals surface area contributed by atoms with Gasteiger partial charge in [-0.15, -0.1) is 0 Å². The Morgan fingerprint density at radius 2 is 1.74 bits per heavy atom. The number of nitrogens with zero attached hydrogens (tertiary/aromatic N) is 3. The van der Waals surface area contributed by atoms with Gasteiger partial charge in [0.1, 0.15) is 11.8 Å². The van der Waals surface area contributed by atoms with Gasteiger partial charge in [-0.2, -0.15) is 0 Å². The Bertz CT molecular complexity index is 1320. The average molecular weight is 471 g/mol. The number of carbonyl (C=O) groups is 1. The van der Waals surface area contributed by atoms with Gasteiger partial charge < -0.3 is 24.6 Å². The highest BCUT2D eigenvalue weighted by molar-refractivity contribution is 7.80. The lowest BCUT2D eigenvalue weighted by Crippen LogP contribution is -2.30. The maximum Gasteiger partial charge on any atom is 0.335 e. The Hall–Kier alpha value is -4.17. The third-order valence-corrected chi connectivity index (χ3v) is 6.24. The van der Waals surface area contributed by atoms with Gasteiger partial charge in [-0.1, -0.05) is 6.07 Å². The molecular formula is C26H22N4O3S. The van der Waals surface area contributed by atoms with E-state index in [9.17, 15) is 9.90 Å². The van der Waals surface area contributed by atoms with Gasteiger partial charge in [-0.05, 0) is 85.0 Å². The van der Waals surface area contributed by atoms with Crippen molar-refractivity contribution in [2.24, 2.45) is 0 Å². The minimum Gasteiger partial charge on any atom is -0.497 e. The number of thiocarbonyl (C=S) groups is 1. The van der Waals surface area contributed by atoms with Crippen LogP contribution in [-0.4, -0.2) is 32.8 Å². The van der Waals surface area contributed by atoms with Crippen molar-refractivity contribution in [2.45, 2.75) is 12.1 Å². The zero-order valence-electron chi connectivity index (χ0n) is 18.3. The van der Waals surface area contributed by atoms with E-state index in [1.165, 1.54) is 0 Å². The molecule has 3 heterocycles. The lowest BCUT2D eigenvalue weighted by molar-refractivity contribution is 0.0697. The fourth-order valence-electron chi connectivity index (χ4n) is 4.31. The summed E-state index contributed by atoms with van der Waals surface area (Å²) in [5.74, 6) is -0.188. The van der Waals surface area contributed by atoms with Crippen molar-refractivity contribution < 1.29 is 14.6 Å². The van der Waals surface area contributed by atoms with E-state index >= 15 is 0 Å². The lowest BCUT2D eigenvalue weighted by Gasteiger charge is -2.29. The van der Waals surface area contributed by atoms with Crippen molar-refractivity contribution in [3.8, 4) is 11.4 Å². The van der Waals surface area contributed by atoms with Crippen LogP contribution in [0.5, 0.6) is 5.75 Å². The van der Waals surface area contributed by atoms with Gasteiger partial charge in [0.05, 0.1) is 24.4 Å². The van der Waals surface area contributed by atoms with Crippen LogP contribution < -0.4 is 15.0 Å². The molecule has 2 aromatic carbocycles. The number of aromatic nitrogens is 2. The van der Waals surface area contributed by atoms with Crippen LogP contribution in [0, 0.1) is 0 Å². The molecule has 1 saturated heterocycles. The predicted octanol–water partition coefficient (Wildman–Crippen LogP) is 4.76. The minimum absolute atomic E-state index is 0.192. The molecule has 34 heavy (non-hydrogen) atoms. The second kappa shape index (κ2) is 8.99. The standard InChI is InChI=1S/C26H22N4O3S/c1-33-20-13-11-19(12-14-20)30-24(23(28-26(30)34)21-5-2-3-15-27-21)22-6-4-16-29(22)18-9-7-17(8-10-18)25(31)32/h2-16,23-24H,1H3,(H,28,34)(H,31,32). The monoisotopic (exact) mass is 470 g/mol. The van der Waals surface area contributed by atoms with Crippen molar-refractivity contribution in [3.05, 3.63) is 108 Å². The van der Waals surface area contributed by atoms with Crippen molar-refractivity contribution in [1.82, 2.24) is 14.9 Å². The van der Waals surface area contributed by atoms with Crippen LogP contribution in [0.15, 0.2) is 91.3 Å². The summed E-state index contributed by atoms with van der Waals surface area (Å²) in [5, 5.41) is 13.3. The maximum absolute atomic E-state index is 11.3. The molecule has 2 unspecified atom stereocenters. The van der Waals surface area contributed by atoms with Gasteiger partial charge >= 0.3 is 5.97 Å². The van der Waals surface area contributed by atoms with E-state index < -0.39 is 5.97 Å². The number of anilines is 1.